The van der Waals surface area contributed by atoms with Gasteiger partial charge in [0.1, 0.15) is 0 Å². The molecular weight excluding hydrogens is 272 g/mol. The molecule has 1 aliphatic heterocycles. The maximum atomic E-state index is 12.0. The van der Waals surface area contributed by atoms with E-state index in [0.717, 1.165) is 12.1 Å². The van der Waals surface area contributed by atoms with Crippen molar-refractivity contribution in [3.63, 3.8) is 0 Å². The van der Waals surface area contributed by atoms with E-state index in [1.807, 2.05) is 18.2 Å². The van der Waals surface area contributed by atoms with Crippen molar-refractivity contribution in [2.24, 2.45) is 0 Å². The van der Waals surface area contributed by atoms with Crippen molar-refractivity contribution in [2.75, 3.05) is 25.1 Å². The third-order valence-corrected chi connectivity index (χ3v) is 3.18. The zero-order valence-corrected chi connectivity index (χ0v) is 11.4. The molecule has 0 radical (unpaired) electrons. The lowest BCUT2D eigenvalue weighted by Crippen LogP contribution is -2.43. The second-order valence-corrected chi connectivity index (χ2v) is 4.80. The number of amides is 1. The van der Waals surface area contributed by atoms with E-state index in [1.165, 1.54) is 6.39 Å². The second-order valence-electron chi connectivity index (χ2n) is 4.80. The highest BCUT2D eigenvalue weighted by molar-refractivity contribution is 5.91. The van der Waals surface area contributed by atoms with Crippen LogP contribution in [0.4, 0.5) is 5.69 Å². The molecule has 1 aromatic heterocycles. The molecule has 110 valence electrons. The van der Waals surface area contributed by atoms with Crippen LogP contribution >= 0.6 is 0 Å². The van der Waals surface area contributed by atoms with Crippen molar-refractivity contribution in [3.05, 3.63) is 30.7 Å². The first-order valence-electron chi connectivity index (χ1n) is 6.79. The second kappa shape index (κ2) is 6.47. The van der Waals surface area contributed by atoms with Crippen LogP contribution in [0.15, 0.2) is 35.1 Å². The zero-order chi connectivity index (χ0) is 14.5. The Bertz CT molecular complexity index is 594. The number of morpholine rings is 1. The van der Waals surface area contributed by atoms with Crippen LogP contribution in [0.25, 0.3) is 11.5 Å². The molecule has 0 bridgehead atoms. The number of hydrogen-bond acceptors (Lipinski definition) is 6. The molecule has 2 N–H and O–H groups in total. The Kier molecular flexibility index (Phi) is 4.23. The molecule has 0 saturated carbocycles. The first kappa shape index (κ1) is 13.7. The lowest BCUT2D eigenvalue weighted by molar-refractivity contribution is -0.117. The van der Waals surface area contributed by atoms with Gasteiger partial charge in [-0.15, -0.1) is 10.2 Å². The van der Waals surface area contributed by atoms with Gasteiger partial charge in [0.15, 0.2) is 0 Å². The van der Waals surface area contributed by atoms with Crippen LogP contribution in [0, 0.1) is 0 Å². The molecule has 7 nitrogen and oxygen atoms in total. The largest absolute Gasteiger partial charge is 0.423 e. The Balaban J connectivity index is 1.62. The Labute approximate surface area is 121 Å². The minimum absolute atomic E-state index is 0.0549. The van der Waals surface area contributed by atoms with Gasteiger partial charge in [-0.05, 0) is 18.2 Å². The number of nitrogens with zero attached hydrogens (tertiary/aromatic N) is 2. The number of carbonyl (C=O) groups excluding carboxylic acids is 1. The number of rotatable bonds is 4. The summed E-state index contributed by atoms with van der Waals surface area (Å²) in [5.41, 5.74) is 1.47. The third-order valence-electron chi connectivity index (χ3n) is 3.18. The zero-order valence-electron chi connectivity index (χ0n) is 11.4. The number of carbonyl (C=O) groups is 1. The fraction of sp³-hybridized carbons (Fsp3) is 0.357. The highest BCUT2D eigenvalue weighted by Gasteiger charge is 2.17. The normalized spacial score (nSPS) is 18.4. The fourth-order valence-electron chi connectivity index (χ4n) is 2.22. The molecule has 1 aromatic carbocycles. The van der Waals surface area contributed by atoms with Crippen LogP contribution in [0.2, 0.25) is 0 Å². The lowest BCUT2D eigenvalue weighted by Gasteiger charge is -2.23. The van der Waals surface area contributed by atoms with E-state index in [1.54, 1.807) is 6.07 Å². The molecule has 7 heteroatoms. The highest BCUT2D eigenvalue weighted by atomic mass is 16.5. The Morgan fingerprint density at radius 3 is 3.19 bits per heavy atom. The van der Waals surface area contributed by atoms with Crippen LogP contribution in [0.3, 0.4) is 0 Å². The summed E-state index contributed by atoms with van der Waals surface area (Å²) in [5.74, 6) is 0.370. The van der Waals surface area contributed by atoms with Gasteiger partial charge >= 0.3 is 0 Å². The van der Waals surface area contributed by atoms with E-state index in [-0.39, 0.29) is 11.9 Å². The number of benzene rings is 1. The number of hydrogen-bond donors (Lipinski definition) is 2. The minimum Gasteiger partial charge on any atom is -0.423 e. The Morgan fingerprint density at radius 2 is 2.43 bits per heavy atom. The monoisotopic (exact) mass is 288 g/mol. The predicted molar refractivity (Wildman–Crippen MR) is 75.6 cm³/mol. The van der Waals surface area contributed by atoms with Crippen molar-refractivity contribution < 1.29 is 13.9 Å². The smallest absolute Gasteiger partial charge is 0.247 e. The van der Waals surface area contributed by atoms with E-state index < -0.39 is 0 Å². The first-order chi connectivity index (χ1) is 10.3. The van der Waals surface area contributed by atoms with Crippen LogP contribution in [-0.4, -0.2) is 41.9 Å². The van der Waals surface area contributed by atoms with Crippen LogP contribution in [0.5, 0.6) is 0 Å². The fourth-order valence-corrected chi connectivity index (χ4v) is 2.22. The van der Waals surface area contributed by atoms with Crippen molar-refractivity contribution in [1.29, 1.82) is 0 Å². The maximum Gasteiger partial charge on any atom is 0.247 e. The number of aromatic nitrogens is 2. The van der Waals surface area contributed by atoms with Crippen LogP contribution in [0.1, 0.15) is 6.42 Å². The minimum atomic E-state index is -0.0549. The van der Waals surface area contributed by atoms with E-state index >= 15 is 0 Å². The molecule has 2 heterocycles. The number of anilines is 1. The molecule has 21 heavy (non-hydrogen) atoms. The van der Waals surface area contributed by atoms with Gasteiger partial charge in [0.05, 0.1) is 13.2 Å². The van der Waals surface area contributed by atoms with Crippen molar-refractivity contribution in [2.45, 2.75) is 12.5 Å². The summed E-state index contributed by atoms with van der Waals surface area (Å²) < 4.78 is 10.5. The summed E-state index contributed by atoms with van der Waals surface area (Å²) in [6.07, 6.45) is 1.65. The van der Waals surface area contributed by atoms with Gasteiger partial charge in [-0.1, -0.05) is 6.07 Å². The molecule has 0 spiro atoms. The molecule has 2 aromatic rings. The third kappa shape index (κ3) is 3.65. The highest BCUT2D eigenvalue weighted by Crippen LogP contribution is 2.20. The lowest BCUT2D eigenvalue weighted by atomic mass is 10.1. The quantitative estimate of drug-likeness (QED) is 0.874. The van der Waals surface area contributed by atoms with E-state index in [9.17, 15) is 4.79 Å². The van der Waals surface area contributed by atoms with Gasteiger partial charge in [0, 0.05) is 30.3 Å². The summed E-state index contributed by atoms with van der Waals surface area (Å²) in [4.78, 5) is 12.0. The van der Waals surface area contributed by atoms with Gasteiger partial charge in [0.2, 0.25) is 18.2 Å². The van der Waals surface area contributed by atoms with Gasteiger partial charge < -0.3 is 19.8 Å². The molecule has 1 aliphatic rings. The maximum absolute atomic E-state index is 12.0. The van der Waals surface area contributed by atoms with Crippen LogP contribution < -0.4 is 10.6 Å². The summed E-state index contributed by atoms with van der Waals surface area (Å²) in [5, 5.41) is 13.6. The average Bonchev–Trinajstić information content (AvgIpc) is 3.02. The van der Waals surface area contributed by atoms with Gasteiger partial charge in [-0.2, -0.15) is 0 Å². The summed E-state index contributed by atoms with van der Waals surface area (Å²) in [6, 6.07) is 7.37. The first-order valence-corrected chi connectivity index (χ1v) is 6.79. The van der Waals surface area contributed by atoms with Crippen molar-refractivity contribution >= 4 is 11.6 Å². The average molecular weight is 288 g/mol. The van der Waals surface area contributed by atoms with Crippen molar-refractivity contribution in [3.8, 4) is 11.5 Å². The number of ether oxygens (including phenoxy) is 1. The van der Waals surface area contributed by atoms with Crippen LogP contribution in [-0.2, 0) is 9.53 Å². The molecule has 0 aliphatic carbocycles. The molecular formula is C14H16N4O3. The molecule has 1 amide bonds. The topological polar surface area (TPSA) is 89.3 Å². The molecule has 1 saturated heterocycles. The van der Waals surface area contributed by atoms with Gasteiger partial charge in [-0.25, -0.2) is 0 Å². The summed E-state index contributed by atoms with van der Waals surface area (Å²) in [6.45, 7) is 2.05. The molecule has 1 unspecified atom stereocenters. The Hall–Kier alpha value is -2.25. The number of nitrogens with one attached hydrogen (secondary N) is 2. The van der Waals surface area contributed by atoms with E-state index in [4.69, 9.17) is 9.15 Å². The van der Waals surface area contributed by atoms with Gasteiger partial charge in [-0.3, -0.25) is 4.79 Å². The van der Waals surface area contributed by atoms with Gasteiger partial charge in [0.25, 0.3) is 0 Å². The predicted octanol–water partition coefficient (Wildman–Crippen LogP) is 1.05. The van der Waals surface area contributed by atoms with E-state index in [2.05, 4.69) is 20.8 Å². The standard InChI is InChI=1S/C14H16N4O3/c19-13(7-12-8-20-5-4-15-12)17-11-3-1-2-10(6-11)14-18-16-9-21-14/h1-3,6,9,12,15H,4-5,7-8H2,(H,17,19). The van der Waals surface area contributed by atoms with Crippen molar-refractivity contribution in [1.82, 2.24) is 15.5 Å². The Morgan fingerprint density at radius 1 is 1.48 bits per heavy atom. The molecule has 1 fully saturated rings. The summed E-state index contributed by atoms with van der Waals surface area (Å²) in [7, 11) is 0. The molecule has 3 rings (SSSR count). The SMILES string of the molecule is O=C(CC1COCCN1)Nc1cccc(-c2nnco2)c1. The molecule has 1 atom stereocenters. The summed E-state index contributed by atoms with van der Waals surface area (Å²) >= 11 is 0. The van der Waals surface area contributed by atoms with E-state index in [0.29, 0.717) is 31.2 Å².